The van der Waals surface area contributed by atoms with Crippen LogP contribution in [0.2, 0.25) is 0 Å². The molecule has 2 heteroatoms. The quantitative estimate of drug-likeness (QED) is 0.467. The molecule has 0 aromatic heterocycles. The van der Waals surface area contributed by atoms with Crippen LogP contribution in [-0.4, -0.2) is 0 Å². The molecule has 1 unspecified atom stereocenters. The number of hydrogen-bond acceptors (Lipinski definition) is 2. The van der Waals surface area contributed by atoms with E-state index in [0.717, 1.165) is 5.70 Å². The van der Waals surface area contributed by atoms with E-state index in [-0.39, 0.29) is 27.7 Å². The van der Waals surface area contributed by atoms with Gasteiger partial charge < -0.3 is 5.43 Å². The van der Waals surface area contributed by atoms with Crippen LogP contribution in [0, 0.1) is 0 Å². The zero-order chi connectivity index (χ0) is 26.4. The van der Waals surface area contributed by atoms with Crippen LogP contribution in [0.3, 0.4) is 0 Å². The Labute approximate surface area is 215 Å². The highest BCUT2D eigenvalue weighted by Crippen LogP contribution is 2.34. The van der Waals surface area contributed by atoms with Crippen molar-refractivity contribution in [1.82, 2.24) is 10.9 Å². The topological polar surface area (TPSA) is 24.1 Å². The van der Waals surface area contributed by atoms with Crippen molar-refractivity contribution < 1.29 is 0 Å². The van der Waals surface area contributed by atoms with Crippen molar-refractivity contribution in [3.05, 3.63) is 87.6 Å². The molecule has 0 saturated carbocycles. The highest BCUT2D eigenvalue weighted by molar-refractivity contribution is 5.57. The Kier molecular flexibility index (Phi) is 7.23. The van der Waals surface area contributed by atoms with Crippen molar-refractivity contribution in [2.24, 2.45) is 0 Å². The number of nitrogens with one attached hydrogen (secondary N) is 2. The number of rotatable bonds is 3. The molecule has 2 aromatic rings. The Morgan fingerprint density at radius 3 is 1.34 bits per heavy atom. The maximum Gasteiger partial charge on any atom is 0.0714 e. The van der Waals surface area contributed by atoms with Crippen LogP contribution in [0.1, 0.15) is 123 Å². The minimum atomic E-state index is 0.108. The van der Waals surface area contributed by atoms with Crippen LogP contribution in [0.5, 0.6) is 0 Å². The van der Waals surface area contributed by atoms with Crippen molar-refractivity contribution in [1.29, 1.82) is 0 Å². The van der Waals surface area contributed by atoms with Crippen molar-refractivity contribution in [2.75, 3.05) is 0 Å². The monoisotopic (exact) mass is 472 g/mol. The summed E-state index contributed by atoms with van der Waals surface area (Å²) in [5.41, 5.74) is 16.5. The van der Waals surface area contributed by atoms with Crippen molar-refractivity contribution in [3.63, 3.8) is 0 Å². The third-order valence-electron chi connectivity index (χ3n) is 6.91. The van der Waals surface area contributed by atoms with E-state index < -0.39 is 0 Å². The average molecular weight is 473 g/mol. The fourth-order valence-electron chi connectivity index (χ4n) is 4.20. The summed E-state index contributed by atoms with van der Waals surface area (Å²) in [7, 11) is 0. The highest BCUT2D eigenvalue weighted by atomic mass is 15.4. The second-order valence-corrected chi connectivity index (χ2v) is 14.4. The van der Waals surface area contributed by atoms with Gasteiger partial charge in [0.05, 0.1) is 6.04 Å². The number of hydrogen-bond donors (Lipinski definition) is 2. The lowest BCUT2D eigenvalue weighted by Crippen LogP contribution is -2.27. The molecule has 1 heterocycles. The standard InChI is InChI=1S/C33H48N2/c1-30(2,3)24-15-22(16-25(19-24)31(4,5)6)13-14-28-21-29(35-34-28)23-17-26(32(7,8)9)20-27(18-23)33(10,11)12/h13-21,29,34-35H,1-12H3. The van der Waals surface area contributed by atoms with Crippen molar-refractivity contribution >= 4 is 6.08 Å². The Morgan fingerprint density at radius 2 is 0.943 bits per heavy atom. The molecule has 2 N–H and O–H groups in total. The van der Waals surface area contributed by atoms with Crippen LogP contribution in [0.25, 0.3) is 6.08 Å². The molecule has 0 bridgehead atoms. The van der Waals surface area contributed by atoms with E-state index in [2.05, 4.69) is 149 Å². The summed E-state index contributed by atoms with van der Waals surface area (Å²) < 4.78 is 0. The normalized spacial score (nSPS) is 17.6. The van der Waals surface area contributed by atoms with Gasteiger partial charge in [-0.3, -0.25) is 0 Å². The molecule has 1 aliphatic heterocycles. The van der Waals surface area contributed by atoms with E-state index in [1.807, 2.05) is 0 Å². The molecule has 35 heavy (non-hydrogen) atoms. The lowest BCUT2D eigenvalue weighted by Gasteiger charge is -2.27. The Morgan fingerprint density at radius 1 is 0.543 bits per heavy atom. The minimum Gasteiger partial charge on any atom is -0.321 e. The van der Waals surface area contributed by atoms with Crippen LogP contribution in [0.4, 0.5) is 0 Å². The van der Waals surface area contributed by atoms with E-state index in [9.17, 15) is 0 Å². The SMILES string of the molecule is CC(C)(C)c1cc(C=CC2=CC(c3cc(C(C)(C)C)cc(C(C)(C)C)c3)NN2)cc(C(C)(C)C)c1. The van der Waals surface area contributed by atoms with Crippen LogP contribution < -0.4 is 10.9 Å². The molecular formula is C33H48N2. The summed E-state index contributed by atoms with van der Waals surface area (Å²) in [5.74, 6) is 0. The van der Waals surface area contributed by atoms with Gasteiger partial charge in [0.2, 0.25) is 0 Å². The third kappa shape index (κ3) is 6.88. The number of allylic oxidation sites excluding steroid dienone is 1. The van der Waals surface area contributed by atoms with E-state index in [1.54, 1.807) is 0 Å². The summed E-state index contributed by atoms with van der Waals surface area (Å²) in [4.78, 5) is 0. The molecule has 0 amide bonds. The molecule has 2 aromatic carbocycles. The molecule has 1 aliphatic rings. The largest absolute Gasteiger partial charge is 0.321 e. The average Bonchev–Trinajstić information content (AvgIpc) is 3.18. The van der Waals surface area contributed by atoms with Gasteiger partial charge in [-0.05, 0) is 67.2 Å². The molecule has 0 aliphatic carbocycles. The maximum atomic E-state index is 3.49. The smallest absolute Gasteiger partial charge is 0.0714 e. The Hall–Kier alpha value is -2.32. The Bertz CT molecular complexity index is 1060. The van der Waals surface area contributed by atoms with Gasteiger partial charge in [-0.15, -0.1) is 0 Å². The molecule has 3 rings (SSSR count). The highest BCUT2D eigenvalue weighted by Gasteiger charge is 2.24. The van der Waals surface area contributed by atoms with Gasteiger partial charge in [-0.25, -0.2) is 5.43 Å². The summed E-state index contributed by atoms with van der Waals surface area (Å²) >= 11 is 0. The first kappa shape index (κ1) is 27.3. The Balaban J connectivity index is 1.94. The molecular weight excluding hydrogens is 424 g/mol. The molecule has 1 atom stereocenters. The zero-order valence-electron chi connectivity index (χ0n) is 24.3. The molecule has 2 nitrogen and oxygen atoms in total. The molecule has 0 spiro atoms. The summed E-state index contributed by atoms with van der Waals surface area (Å²) in [6, 6.07) is 14.3. The van der Waals surface area contributed by atoms with E-state index in [4.69, 9.17) is 0 Å². The van der Waals surface area contributed by atoms with Crippen molar-refractivity contribution in [2.45, 2.75) is 111 Å². The fraction of sp³-hybridized carbons (Fsp3) is 0.515. The van der Waals surface area contributed by atoms with Crippen molar-refractivity contribution in [3.8, 4) is 0 Å². The van der Waals surface area contributed by atoms with Gasteiger partial charge >= 0.3 is 0 Å². The van der Waals surface area contributed by atoms with Crippen LogP contribution in [0.15, 0.2) is 54.2 Å². The van der Waals surface area contributed by atoms with Crippen LogP contribution in [-0.2, 0) is 21.7 Å². The lowest BCUT2D eigenvalue weighted by atomic mass is 9.79. The van der Waals surface area contributed by atoms with Gasteiger partial charge in [0, 0.05) is 5.70 Å². The lowest BCUT2D eigenvalue weighted by molar-refractivity contribution is 0.558. The van der Waals surface area contributed by atoms with Gasteiger partial charge in [0.25, 0.3) is 0 Å². The fourth-order valence-corrected chi connectivity index (χ4v) is 4.20. The predicted molar refractivity (Wildman–Crippen MR) is 154 cm³/mol. The van der Waals surface area contributed by atoms with Gasteiger partial charge in [0.15, 0.2) is 0 Å². The van der Waals surface area contributed by atoms with E-state index in [1.165, 1.54) is 33.4 Å². The first-order chi connectivity index (χ1) is 15.8. The summed E-state index contributed by atoms with van der Waals surface area (Å²) in [6.07, 6.45) is 6.72. The first-order valence-corrected chi connectivity index (χ1v) is 13.1. The van der Waals surface area contributed by atoms with Gasteiger partial charge in [-0.1, -0.05) is 126 Å². The maximum absolute atomic E-state index is 3.49. The number of benzene rings is 2. The molecule has 0 fully saturated rings. The predicted octanol–water partition coefficient (Wildman–Crippen LogP) is 8.62. The van der Waals surface area contributed by atoms with Crippen LogP contribution >= 0.6 is 0 Å². The second-order valence-electron chi connectivity index (χ2n) is 14.4. The minimum absolute atomic E-state index is 0.108. The van der Waals surface area contributed by atoms with Gasteiger partial charge in [0.1, 0.15) is 0 Å². The zero-order valence-corrected chi connectivity index (χ0v) is 24.3. The van der Waals surface area contributed by atoms with E-state index in [0.29, 0.717) is 0 Å². The third-order valence-corrected chi connectivity index (χ3v) is 6.91. The van der Waals surface area contributed by atoms with E-state index >= 15 is 0 Å². The van der Waals surface area contributed by atoms with Gasteiger partial charge in [-0.2, -0.15) is 0 Å². The molecule has 190 valence electrons. The number of hydrazine groups is 1. The second kappa shape index (κ2) is 9.28. The molecule has 0 saturated heterocycles. The first-order valence-electron chi connectivity index (χ1n) is 13.1. The summed E-state index contributed by atoms with van der Waals surface area (Å²) in [6.45, 7) is 27.5. The molecule has 0 radical (unpaired) electrons. The summed E-state index contributed by atoms with van der Waals surface area (Å²) in [5, 5.41) is 0.